The van der Waals surface area contributed by atoms with Crippen LogP contribution in [0.1, 0.15) is 22.9 Å². The van der Waals surface area contributed by atoms with E-state index >= 15 is 0 Å². The van der Waals surface area contributed by atoms with E-state index in [1.807, 2.05) is 23.6 Å². The van der Waals surface area contributed by atoms with E-state index in [0.717, 1.165) is 12.0 Å². The quantitative estimate of drug-likeness (QED) is 0.609. The summed E-state index contributed by atoms with van der Waals surface area (Å²) in [5.41, 5.74) is 2.34. The Hall–Kier alpha value is -1.87. The van der Waals surface area contributed by atoms with Crippen LogP contribution < -0.4 is 0 Å². The minimum Gasteiger partial charge on any atom is -0.463 e. The van der Waals surface area contributed by atoms with E-state index in [-0.39, 0.29) is 5.97 Å². The highest BCUT2D eigenvalue weighted by molar-refractivity contribution is 7.10. The van der Waals surface area contributed by atoms with E-state index in [0.29, 0.717) is 6.61 Å². The molecule has 0 atom stereocenters. The number of carbonyl (C=O) groups excluding carboxylic acids is 1. The highest BCUT2D eigenvalue weighted by atomic mass is 32.1. The van der Waals surface area contributed by atoms with Crippen molar-refractivity contribution in [3.05, 3.63) is 63.9 Å². The van der Waals surface area contributed by atoms with Crippen LogP contribution in [-0.2, 0) is 16.0 Å². The molecule has 0 aliphatic heterocycles. The Morgan fingerprint density at radius 1 is 1.32 bits per heavy atom. The summed E-state index contributed by atoms with van der Waals surface area (Å²) in [4.78, 5) is 12.5. The van der Waals surface area contributed by atoms with Crippen molar-refractivity contribution in [2.24, 2.45) is 0 Å². The lowest BCUT2D eigenvalue weighted by atomic mass is 10.1. The predicted octanol–water partition coefficient (Wildman–Crippen LogP) is 3.92. The number of esters is 1. The second-order valence-electron chi connectivity index (χ2n) is 4.09. The van der Waals surface area contributed by atoms with Crippen molar-refractivity contribution in [1.29, 1.82) is 0 Å². The van der Waals surface area contributed by atoms with Gasteiger partial charge in [0.15, 0.2) is 0 Å². The molecule has 0 amide bonds. The van der Waals surface area contributed by atoms with Gasteiger partial charge in [-0.25, -0.2) is 4.79 Å². The Bertz CT molecular complexity index is 555. The maximum atomic E-state index is 11.2. The molecule has 2 nitrogen and oxygen atoms in total. The monoisotopic (exact) mass is 272 g/mol. The Balaban J connectivity index is 1.97. The molecule has 1 aromatic carbocycles. The summed E-state index contributed by atoms with van der Waals surface area (Å²) >= 11 is 1.71. The molecule has 0 radical (unpaired) electrons. The molecule has 1 aromatic heterocycles. The molecule has 2 aromatic rings. The van der Waals surface area contributed by atoms with Crippen LogP contribution in [0.2, 0.25) is 0 Å². The summed E-state index contributed by atoms with van der Waals surface area (Å²) in [5.74, 6) is -0.293. The number of hydrogen-bond acceptors (Lipinski definition) is 3. The van der Waals surface area contributed by atoms with Gasteiger partial charge in [0.25, 0.3) is 0 Å². The van der Waals surface area contributed by atoms with Crippen LogP contribution >= 0.6 is 11.3 Å². The average Bonchev–Trinajstić information content (AvgIpc) is 2.86. The second kappa shape index (κ2) is 6.90. The number of hydrogen-bond donors (Lipinski definition) is 0. The van der Waals surface area contributed by atoms with Gasteiger partial charge in [0, 0.05) is 17.4 Å². The largest absolute Gasteiger partial charge is 0.463 e. The molecule has 0 saturated carbocycles. The maximum absolute atomic E-state index is 11.2. The minimum absolute atomic E-state index is 0.293. The fourth-order valence-electron chi connectivity index (χ4n) is 1.73. The van der Waals surface area contributed by atoms with Crippen molar-refractivity contribution in [2.45, 2.75) is 13.3 Å². The molecular formula is C16H16O2S. The summed E-state index contributed by atoms with van der Waals surface area (Å²) in [5, 5.41) is 2.05. The molecule has 1 heterocycles. The zero-order valence-electron chi connectivity index (χ0n) is 10.8. The fourth-order valence-corrected chi connectivity index (χ4v) is 2.62. The normalized spacial score (nSPS) is 10.8. The molecule has 3 heteroatoms. The molecular weight excluding hydrogens is 256 g/mol. The number of rotatable bonds is 5. The van der Waals surface area contributed by atoms with Crippen LogP contribution in [-0.4, -0.2) is 12.6 Å². The van der Waals surface area contributed by atoms with Crippen LogP contribution in [0.15, 0.2) is 47.9 Å². The minimum atomic E-state index is -0.293. The molecule has 98 valence electrons. The Labute approximate surface area is 117 Å². The number of thiophene rings is 1. The highest BCUT2D eigenvalue weighted by Crippen LogP contribution is 2.19. The van der Waals surface area contributed by atoms with Crippen molar-refractivity contribution in [1.82, 2.24) is 0 Å². The summed E-state index contributed by atoms with van der Waals surface area (Å²) in [7, 11) is 0. The Morgan fingerprint density at radius 3 is 2.84 bits per heavy atom. The number of ether oxygens (including phenoxy) is 1. The van der Waals surface area contributed by atoms with E-state index in [9.17, 15) is 4.79 Å². The van der Waals surface area contributed by atoms with Gasteiger partial charge in [-0.15, -0.1) is 11.3 Å². The van der Waals surface area contributed by atoms with Gasteiger partial charge in [-0.05, 0) is 35.6 Å². The van der Waals surface area contributed by atoms with Crippen LogP contribution in [0, 0.1) is 0 Å². The maximum Gasteiger partial charge on any atom is 0.330 e. The van der Waals surface area contributed by atoms with Crippen molar-refractivity contribution in [3.63, 3.8) is 0 Å². The van der Waals surface area contributed by atoms with E-state index in [1.54, 1.807) is 24.3 Å². The lowest BCUT2D eigenvalue weighted by Crippen LogP contribution is -1.98. The summed E-state index contributed by atoms with van der Waals surface area (Å²) in [6.45, 7) is 2.21. The molecule has 0 unspecified atom stereocenters. The lowest BCUT2D eigenvalue weighted by Gasteiger charge is -1.96. The SMILES string of the molecule is CCOC(=O)/C=C/c1csc(Cc2ccccc2)c1. The topological polar surface area (TPSA) is 26.3 Å². The fraction of sp³-hybridized carbons (Fsp3) is 0.188. The zero-order valence-corrected chi connectivity index (χ0v) is 11.7. The van der Waals surface area contributed by atoms with E-state index in [4.69, 9.17) is 4.74 Å². The van der Waals surface area contributed by atoms with E-state index in [2.05, 4.69) is 18.2 Å². The van der Waals surface area contributed by atoms with Crippen LogP contribution in [0.3, 0.4) is 0 Å². The first-order chi connectivity index (χ1) is 9.28. The summed E-state index contributed by atoms with van der Waals surface area (Å²) < 4.78 is 4.84. The van der Waals surface area contributed by atoms with Gasteiger partial charge in [-0.1, -0.05) is 30.3 Å². The Morgan fingerprint density at radius 2 is 2.11 bits per heavy atom. The molecule has 0 aliphatic carbocycles. The molecule has 0 aliphatic rings. The third-order valence-corrected chi connectivity index (χ3v) is 3.55. The third-order valence-electron chi connectivity index (χ3n) is 2.59. The number of benzene rings is 1. The standard InChI is InChI=1S/C16H16O2S/c1-2-18-16(17)9-8-14-11-15(19-12-14)10-13-6-4-3-5-7-13/h3-9,11-12H,2,10H2,1H3/b9-8+. The van der Waals surface area contributed by atoms with Gasteiger partial charge in [0.2, 0.25) is 0 Å². The molecule has 0 fully saturated rings. The van der Waals surface area contributed by atoms with E-state index < -0.39 is 0 Å². The zero-order chi connectivity index (χ0) is 13.5. The van der Waals surface area contributed by atoms with Gasteiger partial charge in [0.05, 0.1) is 6.61 Å². The summed E-state index contributed by atoms with van der Waals surface area (Å²) in [6.07, 6.45) is 4.19. The van der Waals surface area contributed by atoms with Gasteiger partial charge < -0.3 is 4.74 Å². The highest BCUT2D eigenvalue weighted by Gasteiger charge is 2.00. The molecule has 0 saturated heterocycles. The molecule has 19 heavy (non-hydrogen) atoms. The van der Waals surface area contributed by atoms with Gasteiger partial charge in [-0.2, -0.15) is 0 Å². The summed E-state index contributed by atoms with van der Waals surface area (Å²) in [6, 6.07) is 12.5. The first-order valence-electron chi connectivity index (χ1n) is 6.24. The molecule has 0 spiro atoms. The molecule has 2 rings (SSSR count). The van der Waals surface area contributed by atoms with E-state index in [1.165, 1.54) is 16.5 Å². The van der Waals surface area contributed by atoms with Crippen molar-refractivity contribution in [3.8, 4) is 0 Å². The average molecular weight is 272 g/mol. The lowest BCUT2D eigenvalue weighted by molar-refractivity contribution is -0.137. The molecule has 0 N–H and O–H groups in total. The number of carbonyl (C=O) groups is 1. The first-order valence-corrected chi connectivity index (χ1v) is 7.12. The van der Waals surface area contributed by atoms with Crippen LogP contribution in [0.5, 0.6) is 0 Å². The van der Waals surface area contributed by atoms with Crippen LogP contribution in [0.4, 0.5) is 0 Å². The van der Waals surface area contributed by atoms with Gasteiger partial charge in [-0.3, -0.25) is 0 Å². The Kier molecular flexibility index (Phi) is 4.93. The second-order valence-corrected chi connectivity index (χ2v) is 5.09. The van der Waals surface area contributed by atoms with Crippen LogP contribution in [0.25, 0.3) is 6.08 Å². The van der Waals surface area contributed by atoms with Crippen molar-refractivity contribution >= 4 is 23.4 Å². The van der Waals surface area contributed by atoms with Crippen molar-refractivity contribution < 1.29 is 9.53 Å². The van der Waals surface area contributed by atoms with Crippen molar-refractivity contribution in [2.75, 3.05) is 6.61 Å². The van der Waals surface area contributed by atoms with Gasteiger partial charge in [0.1, 0.15) is 0 Å². The third kappa shape index (κ3) is 4.38. The smallest absolute Gasteiger partial charge is 0.330 e. The first kappa shape index (κ1) is 13.6. The van der Waals surface area contributed by atoms with Gasteiger partial charge >= 0.3 is 5.97 Å². The molecule has 0 bridgehead atoms. The predicted molar refractivity (Wildman–Crippen MR) is 79.2 cm³/mol.